The molecule has 2 aromatic rings. The summed E-state index contributed by atoms with van der Waals surface area (Å²) in [7, 11) is 0. The number of morpholine rings is 1. The lowest BCUT2D eigenvalue weighted by Crippen LogP contribution is -2.49. The van der Waals surface area contributed by atoms with Gasteiger partial charge in [0, 0.05) is 26.2 Å². The van der Waals surface area contributed by atoms with Crippen molar-refractivity contribution >= 4 is 16.9 Å². The molecule has 0 spiro atoms. The van der Waals surface area contributed by atoms with E-state index in [4.69, 9.17) is 4.74 Å². The molecule has 0 saturated carbocycles. The van der Waals surface area contributed by atoms with Gasteiger partial charge in [0.2, 0.25) is 5.91 Å². The predicted molar refractivity (Wildman–Crippen MR) is 90.9 cm³/mol. The van der Waals surface area contributed by atoms with Crippen LogP contribution in [-0.2, 0) is 16.1 Å². The van der Waals surface area contributed by atoms with E-state index in [1.165, 1.54) is 0 Å². The van der Waals surface area contributed by atoms with Crippen LogP contribution >= 0.6 is 0 Å². The first kappa shape index (κ1) is 16.4. The van der Waals surface area contributed by atoms with E-state index in [9.17, 15) is 9.90 Å². The highest BCUT2D eigenvalue weighted by molar-refractivity contribution is 5.80. The van der Waals surface area contributed by atoms with E-state index in [1.54, 1.807) is 9.58 Å². The first-order valence-corrected chi connectivity index (χ1v) is 8.71. The smallest absolute Gasteiger partial charge is 0.244 e. The maximum Gasteiger partial charge on any atom is 0.244 e. The largest absolute Gasteiger partial charge is 0.387 e. The molecular formula is C17H23N5O3. The number of fused-ring (bicyclic) bond motifs is 1. The van der Waals surface area contributed by atoms with Gasteiger partial charge in [0.1, 0.15) is 12.1 Å². The number of aliphatic hydroxyl groups is 1. The van der Waals surface area contributed by atoms with Crippen LogP contribution in [0.25, 0.3) is 11.0 Å². The third kappa shape index (κ3) is 3.51. The molecule has 1 amide bonds. The molecule has 134 valence electrons. The van der Waals surface area contributed by atoms with Crippen molar-refractivity contribution in [3.63, 3.8) is 0 Å². The van der Waals surface area contributed by atoms with Gasteiger partial charge in [-0.2, -0.15) is 0 Å². The zero-order valence-corrected chi connectivity index (χ0v) is 14.2. The molecule has 0 bridgehead atoms. The van der Waals surface area contributed by atoms with Crippen molar-refractivity contribution in [3.8, 4) is 0 Å². The number of hydrogen-bond acceptors (Lipinski definition) is 6. The number of hydrogen-bond donors (Lipinski definition) is 1. The molecule has 2 aliphatic heterocycles. The summed E-state index contributed by atoms with van der Waals surface area (Å²) in [5.41, 5.74) is 0.788. The molecule has 1 atom stereocenters. The number of amides is 1. The number of likely N-dealkylation sites (tertiary alicyclic amines) is 1. The van der Waals surface area contributed by atoms with Gasteiger partial charge in [-0.3, -0.25) is 9.69 Å². The standard InChI is InChI=1S/C17H23N5O3/c23-16(11-22-15-4-2-1-3-14(15)18-19-22)21-6-5-17(24,13-21)12-20-7-9-25-10-8-20/h1-4,24H,5-13H2/t17-/m1/s1. The van der Waals surface area contributed by atoms with E-state index in [2.05, 4.69) is 15.2 Å². The van der Waals surface area contributed by atoms with Gasteiger partial charge in [-0.25, -0.2) is 4.68 Å². The van der Waals surface area contributed by atoms with Gasteiger partial charge in [0.15, 0.2) is 0 Å². The molecule has 25 heavy (non-hydrogen) atoms. The Bertz CT molecular complexity index is 758. The number of benzene rings is 1. The summed E-state index contributed by atoms with van der Waals surface area (Å²) < 4.78 is 6.97. The molecule has 0 unspecified atom stereocenters. The van der Waals surface area contributed by atoms with E-state index in [0.29, 0.717) is 39.3 Å². The second-order valence-electron chi connectivity index (χ2n) is 6.91. The Morgan fingerprint density at radius 3 is 2.88 bits per heavy atom. The van der Waals surface area contributed by atoms with E-state index >= 15 is 0 Å². The van der Waals surface area contributed by atoms with Crippen molar-refractivity contribution < 1.29 is 14.6 Å². The lowest BCUT2D eigenvalue weighted by atomic mass is 10.0. The molecule has 1 aromatic heterocycles. The topological polar surface area (TPSA) is 83.7 Å². The summed E-state index contributed by atoms with van der Waals surface area (Å²) in [6.45, 7) is 4.77. The Morgan fingerprint density at radius 1 is 1.24 bits per heavy atom. The lowest BCUT2D eigenvalue weighted by Gasteiger charge is -2.33. The summed E-state index contributed by atoms with van der Waals surface area (Å²) in [5.74, 6) is -0.0337. The Hall–Kier alpha value is -2.03. The van der Waals surface area contributed by atoms with Crippen molar-refractivity contribution in [2.45, 2.75) is 18.6 Å². The van der Waals surface area contributed by atoms with E-state index in [-0.39, 0.29) is 12.5 Å². The number of carbonyl (C=O) groups is 1. The first-order chi connectivity index (χ1) is 12.1. The molecule has 2 fully saturated rings. The third-order valence-electron chi connectivity index (χ3n) is 5.01. The summed E-state index contributed by atoms with van der Waals surface area (Å²) in [4.78, 5) is 16.6. The zero-order valence-electron chi connectivity index (χ0n) is 14.2. The van der Waals surface area contributed by atoms with Crippen molar-refractivity contribution in [2.24, 2.45) is 0 Å². The molecular weight excluding hydrogens is 322 g/mol. The van der Waals surface area contributed by atoms with Gasteiger partial charge in [-0.1, -0.05) is 17.3 Å². The van der Waals surface area contributed by atoms with Crippen LogP contribution in [-0.4, -0.2) is 87.3 Å². The van der Waals surface area contributed by atoms with Crippen LogP contribution in [0.3, 0.4) is 0 Å². The number of carbonyl (C=O) groups excluding carboxylic acids is 1. The van der Waals surface area contributed by atoms with Crippen molar-refractivity contribution in [1.29, 1.82) is 0 Å². The number of ether oxygens (including phenoxy) is 1. The van der Waals surface area contributed by atoms with Crippen LogP contribution < -0.4 is 0 Å². The SMILES string of the molecule is O=C(Cn1nnc2ccccc21)N1CC[C@@](O)(CN2CCOCC2)C1. The quantitative estimate of drug-likeness (QED) is 0.821. The molecule has 2 aliphatic rings. The van der Waals surface area contributed by atoms with Gasteiger partial charge < -0.3 is 14.7 Å². The van der Waals surface area contributed by atoms with Gasteiger partial charge in [-0.05, 0) is 18.6 Å². The molecule has 0 aliphatic carbocycles. The molecule has 3 heterocycles. The highest BCUT2D eigenvalue weighted by Gasteiger charge is 2.39. The predicted octanol–water partition coefficient (Wildman–Crippen LogP) is -0.273. The lowest BCUT2D eigenvalue weighted by molar-refractivity contribution is -0.132. The molecule has 0 radical (unpaired) electrons. The van der Waals surface area contributed by atoms with Crippen LogP contribution in [0.4, 0.5) is 0 Å². The van der Waals surface area contributed by atoms with E-state index < -0.39 is 5.60 Å². The minimum atomic E-state index is -0.836. The van der Waals surface area contributed by atoms with Gasteiger partial charge >= 0.3 is 0 Å². The molecule has 8 nitrogen and oxygen atoms in total. The van der Waals surface area contributed by atoms with Crippen molar-refractivity contribution in [3.05, 3.63) is 24.3 Å². The molecule has 1 N–H and O–H groups in total. The average molecular weight is 345 g/mol. The minimum Gasteiger partial charge on any atom is -0.387 e. The average Bonchev–Trinajstić information content (AvgIpc) is 3.20. The molecule has 2 saturated heterocycles. The maximum atomic E-state index is 12.6. The van der Waals surface area contributed by atoms with Gasteiger partial charge in [-0.15, -0.1) is 5.10 Å². The summed E-state index contributed by atoms with van der Waals surface area (Å²) in [6.07, 6.45) is 0.605. The molecule has 8 heteroatoms. The van der Waals surface area contributed by atoms with Crippen molar-refractivity contribution in [1.82, 2.24) is 24.8 Å². The van der Waals surface area contributed by atoms with Crippen LogP contribution in [0.5, 0.6) is 0 Å². The number of aromatic nitrogens is 3. The van der Waals surface area contributed by atoms with Crippen LogP contribution in [0.2, 0.25) is 0 Å². The highest BCUT2D eigenvalue weighted by atomic mass is 16.5. The fraction of sp³-hybridized carbons (Fsp3) is 0.588. The summed E-state index contributed by atoms with van der Waals surface area (Å²) >= 11 is 0. The molecule has 1 aromatic carbocycles. The van der Waals surface area contributed by atoms with E-state index in [0.717, 1.165) is 24.1 Å². The van der Waals surface area contributed by atoms with Crippen LogP contribution in [0.15, 0.2) is 24.3 Å². The van der Waals surface area contributed by atoms with Crippen LogP contribution in [0, 0.1) is 0 Å². The van der Waals surface area contributed by atoms with Gasteiger partial charge in [0.25, 0.3) is 0 Å². The summed E-state index contributed by atoms with van der Waals surface area (Å²) in [6, 6.07) is 7.58. The fourth-order valence-corrected chi connectivity index (χ4v) is 3.64. The summed E-state index contributed by atoms with van der Waals surface area (Å²) in [5, 5.41) is 19.0. The number of nitrogens with zero attached hydrogens (tertiary/aromatic N) is 5. The second-order valence-corrected chi connectivity index (χ2v) is 6.91. The van der Waals surface area contributed by atoms with E-state index in [1.807, 2.05) is 24.3 Å². The second kappa shape index (κ2) is 6.70. The normalized spacial score (nSPS) is 24.9. The Morgan fingerprint density at radius 2 is 2.04 bits per heavy atom. The number of rotatable bonds is 4. The number of para-hydroxylation sites is 1. The Balaban J connectivity index is 1.38. The Kier molecular flexibility index (Phi) is 4.41. The third-order valence-corrected chi connectivity index (χ3v) is 5.01. The first-order valence-electron chi connectivity index (χ1n) is 8.71. The zero-order chi connectivity index (χ0) is 17.3. The fourth-order valence-electron chi connectivity index (χ4n) is 3.64. The van der Waals surface area contributed by atoms with Gasteiger partial charge in [0.05, 0.1) is 30.9 Å². The molecule has 4 rings (SSSR count). The maximum absolute atomic E-state index is 12.6. The Labute approximate surface area is 146 Å². The van der Waals surface area contributed by atoms with Crippen molar-refractivity contribution in [2.75, 3.05) is 45.9 Å². The number of β-amino-alcohol motifs (C(OH)–C–C–N with tert-alkyl or cyclic N) is 1. The monoisotopic (exact) mass is 345 g/mol. The minimum absolute atomic E-state index is 0.0337. The van der Waals surface area contributed by atoms with Crippen LogP contribution in [0.1, 0.15) is 6.42 Å². The highest BCUT2D eigenvalue weighted by Crippen LogP contribution is 2.23.